The van der Waals surface area contributed by atoms with Crippen molar-refractivity contribution in [2.45, 2.75) is 45.7 Å². The topological polar surface area (TPSA) is 67.3 Å². The summed E-state index contributed by atoms with van der Waals surface area (Å²) in [7, 11) is 1.67. The number of para-hydroxylation sites is 1. The van der Waals surface area contributed by atoms with E-state index in [1.54, 1.807) is 13.4 Å². The normalized spacial score (nSPS) is 16.8. The largest absolute Gasteiger partial charge is 0.496 e. The van der Waals surface area contributed by atoms with Crippen LogP contribution in [0.15, 0.2) is 30.6 Å². The number of aryl methyl sites for hydroxylation is 1. The van der Waals surface area contributed by atoms with Gasteiger partial charge in [-0.2, -0.15) is 0 Å². The molecule has 1 aliphatic rings. The number of rotatable bonds is 5. The number of hydrogen-bond donors (Lipinski definition) is 1. The molecule has 0 bridgehead atoms. The molecule has 0 unspecified atom stereocenters. The van der Waals surface area contributed by atoms with E-state index in [1.807, 2.05) is 36.1 Å². The van der Waals surface area contributed by atoms with Crippen molar-refractivity contribution >= 4 is 33.3 Å². The van der Waals surface area contributed by atoms with Crippen molar-refractivity contribution < 1.29 is 9.53 Å². The maximum Gasteiger partial charge on any atom is 0.264 e. The van der Waals surface area contributed by atoms with E-state index in [-0.39, 0.29) is 11.9 Å². The van der Waals surface area contributed by atoms with Gasteiger partial charge in [0, 0.05) is 24.7 Å². The number of methoxy groups -OCH3 is 1. The molecule has 1 amide bonds. The first-order chi connectivity index (χ1) is 14.1. The van der Waals surface area contributed by atoms with Crippen LogP contribution < -0.4 is 10.1 Å². The number of amides is 1. The molecule has 3 aromatic rings. The third-order valence-electron chi connectivity index (χ3n) is 5.62. The molecule has 1 atom stereocenters. The van der Waals surface area contributed by atoms with E-state index in [2.05, 4.69) is 22.2 Å². The van der Waals surface area contributed by atoms with Crippen LogP contribution >= 0.6 is 11.3 Å². The summed E-state index contributed by atoms with van der Waals surface area (Å²) in [5.41, 5.74) is 2.00. The molecular formula is C22H26N4O2S. The van der Waals surface area contributed by atoms with Gasteiger partial charge in [-0.25, -0.2) is 9.97 Å². The van der Waals surface area contributed by atoms with Gasteiger partial charge in [-0.05, 0) is 44.7 Å². The van der Waals surface area contributed by atoms with Gasteiger partial charge in [-0.1, -0.05) is 18.2 Å². The number of carbonyl (C=O) groups is 1. The molecule has 152 valence electrons. The molecule has 0 spiro atoms. The van der Waals surface area contributed by atoms with Gasteiger partial charge in [0.05, 0.1) is 17.4 Å². The van der Waals surface area contributed by atoms with Crippen molar-refractivity contribution in [2.24, 2.45) is 0 Å². The van der Waals surface area contributed by atoms with Crippen molar-refractivity contribution in [2.75, 3.05) is 19.0 Å². The molecule has 1 N–H and O–H groups in total. The lowest BCUT2D eigenvalue weighted by Crippen LogP contribution is -2.41. The molecule has 6 nitrogen and oxygen atoms in total. The Labute approximate surface area is 174 Å². The quantitative estimate of drug-likeness (QED) is 0.664. The summed E-state index contributed by atoms with van der Waals surface area (Å²) >= 11 is 1.46. The fourth-order valence-corrected chi connectivity index (χ4v) is 5.07. The van der Waals surface area contributed by atoms with Crippen LogP contribution in [-0.4, -0.2) is 40.5 Å². The second-order valence-electron chi connectivity index (χ2n) is 7.47. The standard InChI is InChI=1S/C22H26N4O2S/c1-14-8-6-7-11-26(14)22(27)19-15(2)18-20(24-13-25-21(18)29-19)23-12-16-9-4-5-10-17(16)28-3/h4-5,9-10,13-14H,6-8,11-12H2,1-3H3,(H,23,24,25)/t14-/m1/s1. The lowest BCUT2D eigenvalue weighted by atomic mass is 10.0. The van der Waals surface area contributed by atoms with E-state index < -0.39 is 0 Å². The summed E-state index contributed by atoms with van der Waals surface area (Å²) in [5.74, 6) is 1.70. The SMILES string of the molecule is COc1ccccc1CNc1ncnc2sc(C(=O)N3CCCC[C@H]3C)c(C)c12. The highest BCUT2D eigenvalue weighted by molar-refractivity contribution is 7.20. The van der Waals surface area contributed by atoms with E-state index in [9.17, 15) is 4.79 Å². The average molecular weight is 411 g/mol. The Morgan fingerprint density at radius 3 is 2.93 bits per heavy atom. The highest BCUT2D eigenvalue weighted by atomic mass is 32.1. The van der Waals surface area contributed by atoms with Crippen molar-refractivity contribution in [3.05, 3.63) is 46.6 Å². The minimum absolute atomic E-state index is 0.119. The van der Waals surface area contributed by atoms with E-state index >= 15 is 0 Å². The molecule has 2 aromatic heterocycles. The Morgan fingerprint density at radius 1 is 1.31 bits per heavy atom. The number of carbonyl (C=O) groups excluding carboxylic acids is 1. The smallest absolute Gasteiger partial charge is 0.264 e. The van der Waals surface area contributed by atoms with Crippen molar-refractivity contribution in [3.8, 4) is 5.75 Å². The highest BCUT2D eigenvalue weighted by Crippen LogP contribution is 2.35. The molecule has 1 aliphatic heterocycles. The summed E-state index contributed by atoms with van der Waals surface area (Å²) in [6.45, 7) is 5.55. The Kier molecular flexibility index (Phi) is 5.67. The van der Waals surface area contributed by atoms with Crippen LogP contribution in [0.1, 0.15) is 47.0 Å². The number of ether oxygens (including phenoxy) is 1. The van der Waals surface area contributed by atoms with Crippen molar-refractivity contribution in [1.82, 2.24) is 14.9 Å². The van der Waals surface area contributed by atoms with Crippen LogP contribution in [0.2, 0.25) is 0 Å². The Morgan fingerprint density at radius 2 is 2.14 bits per heavy atom. The number of hydrogen-bond acceptors (Lipinski definition) is 6. The summed E-state index contributed by atoms with van der Waals surface area (Å²) in [6.07, 6.45) is 4.90. The third-order valence-corrected chi connectivity index (χ3v) is 6.81. The fourth-order valence-electron chi connectivity index (χ4n) is 3.97. The fraction of sp³-hybridized carbons (Fsp3) is 0.409. The molecule has 7 heteroatoms. The lowest BCUT2D eigenvalue weighted by molar-refractivity contribution is 0.0640. The number of piperidine rings is 1. The van der Waals surface area contributed by atoms with Crippen molar-refractivity contribution in [3.63, 3.8) is 0 Å². The van der Waals surface area contributed by atoms with E-state index in [1.165, 1.54) is 17.8 Å². The van der Waals surface area contributed by atoms with Gasteiger partial charge >= 0.3 is 0 Å². The van der Waals surface area contributed by atoms with Crippen LogP contribution in [0, 0.1) is 6.92 Å². The van der Waals surface area contributed by atoms with Crippen LogP contribution in [0.4, 0.5) is 5.82 Å². The minimum atomic E-state index is 0.119. The monoisotopic (exact) mass is 410 g/mol. The second-order valence-corrected chi connectivity index (χ2v) is 8.47. The first-order valence-corrected chi connectivity index (χ1v) is 10.8. The molecule has 0 saturated carbocycles. The zero-order valence-corrected chi connectivity index (χ0v) is 17.9. The van der Waals surface area contributed by atoms with Crippen LogP contribution in [0.5, 0.6) is 5.75 Å². The first-order valence-electron chi connectivity index (χ1n) is 10.0. The van der Waals surface area contributed by atoms with Crippen molar-refractivity contribution in [1.29, 1.82) is 0 Å². The number of nitrogens with zero attached hydrogens (tertiary/aromatic N) is 3. The number of aromatic nitrogens is 2. The number of nitrogens with one attached hydrogen (secondary N) is 1. The molecule has 0 aliphatic carbocycles. The minimum Gasteiger partial charge on any atom is -0.496 e. The van der Waals surface area contributed by atoms with Crippen LogP contribution in [0.25, 0.3) is 10.2 Å². The van der Waals surface area contributed by atoms with E-state index in [4.69, 9.17) is 4.74 Å². The Balaban J connectivity index is 1.64. The summed E-state index contributed by atoms with van der Waals surface area (Å²) in [5, 5.41) is 4.34. The zero-order valence-electron chi connectivity index (χ0n) is 17.1. The maximum absolute atomic E-state index is 13.2. The highest BCUT2D eigenvalue weighted by Gasteiger charge is 2.28. The summed E-state index contributed by atoms with van der Waals surface area (Å²) in [4.78, 5) is 25.7. The molecule has 29 heavy (non-hydrogen) atoms. The predicted molar refractivity (Wildman–Crippen MR) is 117 cm³/mol. The molecule has 1 saturated heterocycles. The lowest BCUT2D eigenvalue weighted by Gasteiger charge is -2.33. The summed E-state index contributed by atoms with van der Waals surface area (Å²) < 4.78 is 5.44. The van der Waals surface area contributed by atoms with Gasteiger partial charge < -0.3 is 15.0 Å². The number of likely N-dealkylation sites (tertiary alicyclic amines) is 1. The Hall–Kier alpha value is -2.67. The predicted octanol–water partition coefficient (Wildman–Crippen LogP) is 4.64. The zero-order chi connectivity index (χ0) is 20.4. The molecule has 1 fully saturated rings. The average Bonchev–Trinajstić information content (AvgIpc) is 3.09. The van der Waals surface area contributed by atoms with E-state index in [0.29, 0.717) is 6.54 Å². The van der Waals surface area contributed by atoms with Gasteiger partial charge in [0.1, 0.15) is 22.7 Å². The van der Waals surface area contributed by atoms with E-state index in [0.717, 1.165) is 57.2 Å². The maximum atomic E-state index is 13.2. The number of benzene rings is 1. The number of fused-ring (bicyclic) bond motifs is 1. The second kappa shape index (κ2) is 8.37. The summed E-state index contributed by atoms with van der Waals surface area (Å²) in [6, 6.07) is 8.20. The Bertz CT molecular complexity index is 1030. The van der Waals surface area contributed by atoms with Crippen LogP contribution in [-0.2, 0) is 6.54 Å². The first kappa shape index (κ1) is 19.6. The molecule has 0 radical (unpaired) electrons. The van der Waals surface area contributed by atoms with Gasteiger partial charge in [-0.15, -0.1) is 11.3 Å². The van der Waals surface area contributed by atoms with Gasteiger partial charge in [-0.3, -0.25) is 4.79 Å². The molecular weight excluding hydrogens is 384 g/mol. The van der Waals surface area contributed by atoms with Gasteiger partial charge in [0.25, 0.3) is 5.91 Å². The van der Waals surface area contributed by atoms with Crippen LogP contribution in [0.3, 0.4) is 0 Å². The molecule has 4 rings (SSSR count). The molecule has 1 aromatic carbocycles. The molecule has 3 heterocycles. The van der Waals surface area contributed by atoms with Gasteiger partial charge in [0.2, 0.25) is 0 Å². The van der Waals surface area contributed by atoms with Gasteiger partial charge in [0.15, 0.2) is 0 Å². The third kappa shape index (κ3) is 3.79. The number of thiophene rings is 1. The number of anilines is 1.